The Morgan fingerprint density at radius 1 is 1.05 bits per heavy atom. The predicted molar refractivity (Wildman–Crippen MR) is 95.3 cm³/mol. The third-order valence-corrected chi connectivity index (χ3v) is 4.04. The minimum absolute atomic E-state index is 0.242. The Bertz CT molecular complexity index is 726. The molecule has 0 amide bonds. The van der Waals surface area contributed by atoms with Crippen LogP contribution in [0.4, 0.5) is 10.8 Å². The van der Waals surface area contributed by atoms with Crippen LogP contribution in [0.1, 0.15) is 13.8 Å². The van der Waals surface area contributed by atoms with Gasteiger partial charge in [0.15, 0.2) is 5.13 Å². The fraction of sp³-hybridized carbons (Fsp3) is 0.118. The van der Waals surface area contributed by atoms with Crippen molar-refractivity contribution in [3.8, 4) is 16.2 Å². The zero-order valence-corrected chi connectivity index (χ0v) is 13.9. The van der Waals surface area contributed by atoms with Gasteiger partial charge in [0.05, 0.1) is 4.88 Å². The molecule has 0 fully saturated rings. The molecule has 0 aliphatic rings. The highest BCUT2D eigenvalue weighted by Gasteiger charge is 2.07. The Hall–Kier alpha value is -2.04. The number of hydrogen-bond donors (Lipinski definition) is 2. The molecule has 5 heteroatoms. The van der Waals surface area contributed by atoms with Crippen LogP contribution in [0.25, 0.3) is 10.4 Å². The number of phenolic OH excluding ortho intramolecular Hbond substituents is 1. The highest BCUT2D eigenvalue weighted by atomic mass is 35.5. The van der Waals surface area contributed by atoms with Crippen LogP contribution in [0.15, 0.2) is 54.7 Å². The van der Waals surface area contributed by atoms with E-state index in [0.717, 1.165) is 21.3 Å². The molecule has 0 aliphatic carbocycles. The lowest BCUT2D eigenvalue weighted by atomic mass is 10.2. The van der Waals surface area contributed by atoms with E-state index in [9.17, 15) is 5.11 Å². The van der Waals surface area contributed by atoms with Crippen molar-refractivity contribution >= 4 is 33.8 Å². The Morgan fingerprint density at radius 2 is 1.73 bits per heavy atom. The number of phenols is 1. The molecule has 114 valence electrons. The molecule has 2 N–H and O–H groups in total. The van der Waals surface area contributed by atoms with E-state index < -0.39 is 0 Å². The minimum atomic E-state index is 0.242. The maximum Gasteiger partial charge on any atom is 0.187 e. The normalized spacial score (nSPS) is 9.77. The van der Waals surface area contributed by atoms with Crippen molar-refractivity contribution in [2.24, 2.45) is 0 Å². The summed E-state index contributed by atoms with van der Waals surface area (Å²) in [6.45, 7) is 4.00. The van der Waals surface area contributed by atoms with E-state index in [1.54, 1.807) is 30.5 Å². The van der Waals surface area contributed by atoms with Crippen molar-refractivity contribution in [1.82, 2.24) is 4.98 Å². The molecule has 3 nitrogen and oxygen atoms in total. The molecule has 2 aromatic carbocycles. The highest BCUT2D eigenvalue weighted by Crippen LogP contribution is 2.34. The molecule has 1 aromatic heterocycles. The Balaban J connectivity index is 0.000000847. The second-order valence-corrected chi connectivity index (χ2v) is 5.62. The summed E-state index contributed by atoms with van der Waals surface area (Å²) in [5, 5.41) is 13.9. The van der Waals surface area contributed by atoms with Crippen molar-refractivity contribution in [3.05, 3.63) is 59.8 Å². The molecule has 0 saturated heterocycles. The SMILES string of the molecule is CC.Oc1ccc(Nc2ncc(-c3ccccc3Cl)s2)cc1. The Labute approximate surface area is 139 Å². The van der Waals surface area contributed by atoms with Gasteiger partial charge in [0.25, 0.3) is 0 Å². The van der Waals surface area contributed by atoms with Crippen LogP contribution in [0.2, 0.25) is 5.02 Å². The summed E-state index contributed by atoms with van der Waals surface area (Å²) < 4.78 is 0. The summed E-state index contributed by atoms with van der Waals surface area (Å²) in [4.78, 5) is 5.35. The molecule has 0 aliphatic heterocycles. The number of nitrogens with zero attached hydrogens (tertiary/aromatic N) is 1. The summed E-state index contributed by atoms with van der Waals surface area (Å²) in [5.74, 6) is 0.242. The number of rotatable bonds is 3. The van der Waals surface area contributed by atoms with Crippen molar-refractivity contribution in [2.75, 3.05) is 5.32 Å². The number of halogens is 1. The number of nitrogens with one attached hydrogen (secondary N) is 1. The standard InChI is InChI=1S/C15H11ClN2OS.C2H6/c16-13-4-2-1-3-12(13)14-9-17-15(20-14)18-10-5-7-11(19)8-6-10;1-2/h1-9,19H,(H,17,18);1-2H3. The molecule has 0 radical (unpaired) electrons. The fourth-order valence-electron chi connectivity index (χ4n) is 1.79. The van der Waals surface area contributed by atoms with Crippen molar-refractivity contribution in [1.29, 1.82) is 0 Å². The van der Waals surface area contributed by atoms with Gasteiger partial charge in [0, 0.05) is 22.5 Å². The van der Waals surface area contributed by atoms with E-state index in [1.807, 2.05) is 38.1 Å². The summed E-state index contributed by atoms with van der Waals surface area (Å²) in [5.41, 5.74) is 1.85. The molecular weight excluding hydrogens is 316 g/mol. The minimum Gasteiger partial charge on any atom is -0.508 e. The molecule has 3 aromatic rings. The first kappa shape index (κ1) is 16.3. The van der Waals surface area contributed by atoms with Gasteiger partial charge in [-0.1, -0.05) is 55.0 Å². The van der Waals surface area contributed by atoms with Gasteiger partial charge in [-0.2, -0.15) is 0 Å². The van der Waals surface area contributed by atoms with E-state index in [0.29, 0.717) is 5.02 Å². The van der Waals surface area contributed by atoms with Crippen LogP contribution in [0.3, 0.4) is 0 Å². The van der Waals surface area contributed by atoms with Crippen molar-refractivity contribution in [2.45, 2.75) is 13.8 Å². The summed E-state index contributed by atoms with van der Waals surface area (Å²) >= 11 is 7.71. The smallest absolute Gasteiger partial charge is 0.187 e. The molecular formula is C17H17ClN2OS. The van der Waals surface area contributed by atoms with Gasteiger partial charge < -0.3 is 10.4 Å². The second kappa shape index (κ2) is 7.82. The monoisotopic (exact) mass is 332 g/mol. The molecule has 3 rings (SSSR count). The first-order chi connectivity index (χ1) is 10.7. The number of aromatic hydroxyl groups is 1. The van der Waals surface area contributed by atoms with Crippen LogP contribution in [0.5, 0.6) is 5.75 Å². The van der Waals surface area contributed by atoms with Crippen LogP contribution < -0.4 is 5.32 Å². The molecule has 0 bridgehead atoms. The molecule has 0 atom stereocenters. The third-order valence-electron chi connectivity index (χ3n) is 2.76. The number of hydrogen-bond acceptors (Lipinski definition) is 4. The number of benzene rings is 2. The molecule has 0 spiro atoms. The number of thiazole rings is 1. The lowest BCUT2D eigenvalue weighted by Crippen LogP contribution is -1.87. The van der Waals surface area contributed by atoms with E-state index in [1.165, 1.54) is 11.3 Å². The van der Waals surface area contributed by atoms with E-state index in [4.69, 9.17) is 11.6 Å². The van der Waals surface area contributed by atoms with E-state index in [2.05, 4.69) is 10.3 Å². The molecule has 0 saturated carbocycles. The summed E-state index contributed by atoms with van der Waals surface area (Å²) in [6.07, 6.45) is 1.80. The van der Waals surface area contributed by atoms with Crippen molar-refractivity contribution < 1.29 is 5.11 Å². The summed E-state index contributed by atoms with van der Waals surface area (Å²) in [7, 11) is 0. The van der Waals surface area contributed by atoms with Gasteiger partial charge in [-0.3, -0.25) is 0 Å². The van der Waals surface area contributed by atoms with Gasteiger partial charge in [-0.15, -0.1) is 0 Å². The highest BCUT2D eigenvalue weighted by molar-refractivity contribution is 7.19. The lowest BCUT2D eigenvalue weighted by Gasteiger charge is -2.02. The average Bonchev–Trinajstić information content (AvgIpc) is 3.00. The van der Waals surface area contributed by atoms with Gasteiger partial charge in [0.1, 0.15) is 5.75 Å². The molecule has 0 unspecified atom stereocenters. The largest absolute Gasteiger partial charge is 0.508 e. The van der Waals surface area contributed by atoms with E-state index >= 15 is 0 Å². The third kappa shape index (κ3) is 4.00. The first-order valence-corrected chi connectivity index (χ1v) is 8.18. The van der Waals surface area contributed by atoms with Crippen LogP contribution in [-0.2, 0) is 0 Å². The predicted octanol–water partition coefficient (Wildman–Crippen LogP) is 5.94. The van der Waals surface area contributed by atoms with Crippen LogP contribution >= 0.6 is 22.9 Å². The summed E-state index contributed by atoms with van der Waals surface area (Å²) in [6, 6.07) is 14.5. The van der Waals surface area contributed by atoms with Gasteiger partial charge >= 0.3 is 0 Å². The van der Waals surface area contributed by atoms with Crippen molar-refractivity contribution in [3.63, 3.8) is 0 Å². The average molecular weight is 333 g/mol. The van der Waals surface area contributed by atoms with E-state index in [-0.39, 0.29) is 5.75 Å². The zero-order valence-electron chi connectivity index (χ0n) is 12.4. The maximum absolute atomic E-state index is 9.25. The number of aromatic nitrogens is 1. The Kier molecular flexibility index (Phi) is 5.81. The fourth-order valence-corrected chi connectivity index (χ4v) is 2.96. The quantitative estimate of drug-likeness (QED) is 0.583. The molecule has 22 heavy (non-hydrogen) atoms. The van der Waals surface area contributed by atoms with Gasteiger partial charge in [-0.05, 0) is 30.3 Å². The maximum atomic E-state index is 9.25. The van der Waals surface area contributed by atoms with Gasteiger partial charge in [0.2, 0.25) is 0 Å². The number of anilines is 2. The first-order valence-electron chi connectivity index (χ1n) is 6.99. The van der Waals surface area contributed by atoms with Gasteiger partial charge in [-0.25, -0.2) is 4.98 Å². The van der Waals surface area contributed by atoms with Crippen LogP contribution in [0, 0.1) is 0 Å². The topological polar surface area (TPSA) is 45.1 Å². The second-order valence-electron chi connectivity index (χ2n) is 4.18. The van der Waals surface area contributed by atoms with Crippen LogP contribution in [-0.4, -0.2) is 10.1 Å². The molecule has 1 heterocycles. The Morgan fingerprint density at radius 3 is 2.41 bits per heavy atom. The lowest BCUT2D eigenvalue weighted by molar-refractivity contribution is 0.475. The zero-order chi connectivity index (χ0) is 15.9.